The highest BCUT2D eigenvalue weighted by Crippen LogP contribution is 2.53. The standard InChI is InChI=1S/C35H53N5O3Si2/c1-44(2,3)15-13-42-23-39(24-43-14-16-45(4,5)6)35-32(27-9-10-27)33(29-18-25-7-8-26(17-25)19-29)38-34-31(21-37-40(34)35)28-11-12-30(22-41)36-20-28/h11-12,20-22,25-27,29H,7-10,13-19,23-24H2,1-6H3/t25-,26?,29?/m0/s1. The Morgan fingerprint density at radius 2 is 1.51 bits per heavy atom. The molecule has 3 aliphatic rings. The second-order valence-electron chi connectivity index (χ2n) is 16.3. The molecule has 0 radical (unpaired) electrons. The fourth-order valence-electron chi connectivity index (χ4n) is 7.22. The van der Waals surface area contributed by atoms with Crippen molar-refractivity contribution >= 4 is 33.9 Å². The number of anilines is 1. The van der Waals surface area contributed by atoms with E-state index in [4.69, 9.17) is 19.6 Å². The molecule has 3 fully saturated rings. The van der Waals surface area contributed by atoms with Gasteiger partial charge in [-0.05, 0) is 68.0 Å². The van der Waals surface area contributed by atoms with Crippen molar-refractivity contribution in [1.82, 2.24) is 19.6 Å². The molecule has 3 aromatic heterocycles. The highest BCUT2D eigenvalue weighted by molar-refractivity contribution is 6.76. The maximum atomic E-state index is 11.3. The average molecular weight is 648 g/mol. The zero-order chi connectivity index (χ0) is 31.8. The van der Waals surface area contributed by atoms with Crippen molar-refractivity contribution in [1.29, 1.82) is 0 Å². The first-order valence-electron chi connectivity index (χ1n) is 17.2. The highest BCUT2D eigenvalue weighted by Gasteiger charge is 2.41. The fraction of sp³-hybridized carbons (Fsp3) is 0.657. The Balaban J connectivity index is 1.44. The Kier molecular flexibility index (Phi) is 9.67. The molecule has 0 spiro atoms. The first-order chi connectivity index (χ1) is 21.5. The molecule has 8 nitrogen and oxygen atoms in total. The van der Waals surface area contributed by atoms with Gasteiger partial charge in [-0.3, -0.25) is 9.78 Å². The highest BCUT2D eigenvalue weighted by atomic mass is 28.3. The molecule has 244 valence electrons. The van der Waals surface area contributed by atoms with Crippen LogP contribution in [-0.4, -0.2) is 68.7 Å². The van der Waals surface area contributed by atoms with E-state index >= 15 is 0 Å². The molecule has 3 aliphatic carbocycles. The maximum Gasteiger partial charge on any atom is 0.168 e. The van der Waals surface area contributed by atoms with Crippen molar-refractivity contribution in [2.24, 2.45) is 11.8 Å². The number of ether oxygens (including phenoxy) is 2. The van der Waals surface area contributed by atoms with E-state index in [-0.39, 0.29) is 0 Å². The van der Waals surface area contributed by atoms with Gasteiger partial charge < -0.3 is 14.4 Å². The molecule has 45 heavy (non-hydrogen) atoms. The lowest BCUT2D eigenvalue weighted by atomic mass is 9.78. The van der Waals surface area contributed by atoms with Crippen LogP contribution in [0.25, 0.3) is 16.8 Å². The molecule has 0 amide bonds. The molecule has 6 rings (SSSR count). The van der Waals surface area contributed by atoms with E-state index in [9.17, 15) is 4.79 Å². The van der Waals surface area contributed by atoms with Crippen molar-refractivity contribution in [3.8, 4) is 11.1 Å². The number of carbonyl (C=O) groups excluding carboxylic acids is 1. The number of fused-ring (bicyclic) bond motifs is 3. The Hall–Kier alpha value is -2.41. The average Bonchev–Trinajstić information content (AvgIpc) is 3.66. The summed E-state index contributed by atoms with van der Waals surface area (Å²) in [5.74, 6) is 3.70. The predicted octanol–water partition coefficient (Wildman–Crippen LogP) is 8.21. The van der Waals surface area contributed by atoms with E-state index in [0.29, 0.717) is 31.0 Å². The Bertz CT molecular complexity index is 1440. The van der Waals surface area contributed by atoms with Gasteiger partial charge in [-0.15, -0.1) is 0 Å². The lowest BCUT2D eigenvalue weighted by Crippen LogP contribution is -2.34. The quantitative estimate of drug-likeness (QED) is 0.0712. The van der Waals surface area contributed by atoms with Crippen LogP contribution in [-0.2, 0) is 9.47 Å². The van der Waals surface area contributed by atoms with E-state index in [1.54, 1.807) is 12.3 Å². The van der Waals surface area contributed by atoms with Gasteiger partial charge in [0.2, 0.25) is 0 Å². The van der Waals surface area contributed by atoms with Gasteiger partial charge >= 0.3 is 0 Å². The van der Waals surface area contributed by atoms with Gasteiger partial charge in [-0.2, -0.15) is 9.61 Å². The van der Waals surface area contributed by atoms with Gasteiger partial charge in [0.15, 0.2) is 11.9 Å². The minimum Gasteiger partial charge on any atom is -0.361 e. The monoisotopic (exact) mass is 647 g/mol. The predicted molar refractivity (Wildman–Crippen MR) is 187 cm³/mol. The Morgan fingerprint density at radius 3 is 2.04 bits per heavy atom. The summed E-state index contributed by atoms with van der Waals surface area (Å²) in [6, 6.07) is 5.99. The Morgan fingerprint density at radius 1 is 0.867 bits per heavy atom. The summed E-state index contributed by atoms with van der Waals surface area (Å²) in [5, 5.41) is 5.01. The van der Waals surface area contributed by atoms with E-state index in [1.165, 1.54) is 56.2 Å². The van der Waals surface area contributed by atoms with Gasteiger partial charge in [0, 0.05) is 58.2 Å². The van der Waals surface area contributed by atoms with Crippen molar-refractivity contribution in [2.75, 3.05) is 31.6 Å². The van der Waals surface area contributed by atoms with Crippen LogP contribution in [0.5, 0.6) is 0 Å². The zero-order valence-corrected chi connectivity index (χ0v) is 30.3. The normalized spacial score (nSPS) is 21.9. The first kappa shape index (κ1) is 32.5. The summed E-state index contributed by atoms with van der Waals surface area (Å²) in [5.41, 5.74) is 5.81. The van der Waals surface area contributed by atoms with Gasteiger partial charge in [0.1, 0.15) is 25.0 Å². The third-order valence-electron chi connectivity index (χ3n) is 9.95. The first-order valence-corrected chi connectivity index (χ1v) is 24.6. The van der Waals surface area contributed by atoms with Crippen molar-refractivity contribution in [3.63, 3.8) is 0 Å². The third kappa shape index (κ3) is 7.94. The SMILES string of the molecule is C[Si](C)(C)CCOCN(COCC[Si](C)(C)C)c1c(C2CC2)c(C2CC3CC[C@@H](C3)C2)nc2c(-c3ccc(C=O)nc3)cnn12. The number of aromatic nitrogens is 4. The number of hydrogen-bond donors (Lipinski definition) is 0. The van der Waals surface area contributed by atoms with Crippen LogP contribution in [0, 0.1) is 11.8 Å². The molecule has 0 aromatic carbocycles. The van der Waals surface area contributed by atoms with E-state index in [0.717, 1.165) is 66.0 Å². The minimum absolute atomic E-state index is 0.426. The van der Waals surface area contributed by atoms with Crippen molar-refractivity contribution in [2.45, 2.75) is 108 Å². The number of carbonyl (C=O) groups is 1. The summed E-state index contributed by atoms with van der Waals surface area (Å²) in [6.45, 7) is 16.8. The molecule has 3 heterocycles. The summed E-state index contributed by atoms with van der Waals surface area (Å²) in [7, 11) is -2.46. The molecular weight excluding hydrogens is 595 g/mol. The summed E-state index contributed by atoms with van der Waals surface area (Å²) < 4.78 is 15.0. The summed E-state index contributed by atoms with van der Waals surface area (Å²) in [4.78, 5) is 23.6. The third-order valence-corrected chi connectivity index (χ3v) is 13.4. The Labute approximate surface area is 271 Å². The van der Waals surface area contributed by atoms with Crippen molar-refractivity contribution < 1.29 is 14.3 Å². The number of aldehydes is 1. The van der Waals surface area contributed by atoms with Crippen LogP contribution in [0.2, 0.25) is 51.4 Å². The molecule has 2 unspecified atom stereocenters. The number of nitrogens with zero attached hydrogens (tertiary/aromatic N) is 5. The van der Waals surface area contributed by atoms with Gasteiger partial charge in [-0.25, -0.2) is 4.98 Å². The molecule has 0 saturated heterocycles. The van der Waals surface area contributed by atoms with Crippen LogP contribution in [0.4, 0.5) is 5.82 Å². The van der Waals surface area contributed by atoms with Crippen LogP contribution >= 0.6 is 0 Å². The smallest absolute Gasteiger partial charge is 0.168 e. The molecule has 10 heteroatoms. The number of hydrogen-bond acceptors (Lipinski definition) is 7. The minimum atomic E-state index is -1.23. The molecule has 3 aromatic rings. The molecule has 0 aliphatic heterocycles. The lowest BCUT2D eigenvalue weighted by molar-refractivity contribution is 0.0940. The van der Waals surface area contributed by atoms with E-state index in [2.05, 4.69) is 53.7 Å². The number of pyridine rings is 1. The van der Waals surface area contributed by atoms with Crippen LogP contribution in [0.15, 0.2) is 24.5 Å². The lowest BCUT2D eigenvalue weighted by Gasteiger charge is -2.33. The second-order valence-corrected chi connectivity index (χ2v) is 27.6. The molecule has 3 saturated carbocycles. The van der Waals surface area contributed by atoms with E-state index in [1.807, 2.05) is 12.3 Å². The van der Waals surface area contributed by atoms with Crippen LogP contribution in [0.1, 0.15) is 78.5 Å². The summed E-state index contributed by atoms with van der Waals surface area (Å²) in [6.07, 6.45) is 13.5. The zero-order valence-electron chi connectivity index (χ0n) is 28.3. The van der Waals surface area contributed by atoms with Crippen LogP contribution < -0.4 is 4.90 Å². The maximum absolute atomic E-state index is 11.3. The molecule has 3 atom stereocenters. The largest absolute Gasteiger partial charge is 0.361 e. The molecule has 2 bridgehead atoms. The van der Waals surface area contributed by atoms with Gasteiger partial charge in [0.25, 0.3) is 0 Å². The fourth-order valence-corrected chi connectivity index (χ4v) is 8.73. The second kappa shape index (κ2) is 13.4. The van der Waals surface area contributed by atoms with E-state index < -0.39 is 16.1 Å². The van der Waals surface area contributed by atoms with Crippen molar-refractivity contribution in [3.05, 3.63) is 41.5 Å². The van der Waals surface area contributed by atoms with Gasteiger partial charge in [-0.1, -0.05) is 58.2 Å². The van der Waals surface area contributed by atoms with Gasteiger partial charge in [0.05, 0.1) is 11.9 Å². The topological polar surface area (TPSA) is 81.9 Å². The van der Waals surface area contributed by atoms with Crippen LogP contribution in [0.3, 0.4) is 0 Å². The molecule has 0 N–H and O–H groups in total. The molecular formula is C35H53N5O3Si2. The number of rotatable bonds is 15. The summed E-state index contributed by atoms with van der Waals surface area (Å²) >= 11 is 0.